The summed E-state index contributed by atoms with van der Waals surface area (Å²) in [7, 11) is 0. The summed E-state index contributed by atoms with van der Waals surface area (Å²) in [5, 5.41) is 3.20. The molecule has 12 heavy (non-hydrogen) atoms. The van der Waals surface area contributed by atoms with E-state index in [1.54, 1.807) is 0 Å². The lowest BCUT2D eigenvalue weighted by Gasteiger charge is -2.07. The smallest absolute Gasteiger partial charge is 0.243 e. The molecule has 0 fully saturated rings. The van der Waals surface area contributed by atoms with Crippen molar-refractivity contribution in [2.24, 2.45) is 0 Å². The molecule has 0 saturated carbocycles. The number of anilines is 1. The molecule has 62 valence electrons. The molecule has 2 nitrogen and oxygen atoms in total. The maximum Gasteiger partial charge on any atom is 0.243 e. The molecule has 0 bridgehead atoms. The van der Waals surface area contributed by atoms with Gasteiger partial charge in [-0.05, 0) is 12.1 Å². The Balaban J connectivity index is 2.39. The molecule has 1 N–H and O–H groups in total. The van der Waals surface area contributed by atoms with E-state index in [-0.39, 0.29) is 0 Å². The Labute approximate surface area is 75.2 Å². The Morgan fingerprint density at radius 2 is 2.25 bits per heavy atom. The first-order valence-electron chi connectivity index (χ1n) is 3.86. The summed E-state index contributed by atoms with van der Waals surface area (Å²) in [6.07, 6.45) is 0.737. The monoisotopic (exact) mass is 179 g/mol. The van der Waals surface area contributed by atoms with Crippen molar-refractivity contribution >= 4 is 16.9 Å². The van der Waals surface area contributed by atoms with Gasteiger partial charge in [0.05, 0.1) is 5.69 Å². The number of hydrogen-bond donors (Lipinski definition) is 1. The first-order chi connectivity index (χ1) is 5.88. The zero-order chi connectivity index (χ0) is 8.39. The van der Waals surface area contributed by atoms with E-state index in [1.807, 2.05) is 24.3 Å². The predicted octanol–water partition coefficient (Wildman–Crippen LogP) is 1.65. The highest BCUT2D eigenvalue weighted by molar-refractivity contribution is 7.93. The third kappa shape index (κ3) is 1.42. The summed E-state index contributed by atoms with van der Waals surface area (Å²) in [4.78, 5) is 0.843. The molecule has 1 atom stereocenters. The summed E-state index contributed by atoms with van der Waals surface area (Å²) in [5.74, 6) is 2.91. The van der Waals surface area contributed by atoms with Crippen LogP contribution in [0, 0.1) is 5.75 Å². The highest BCUT2D eigenvalue weighted by Gasteiger charge is 2.20. The van der Waals surface area contributed by atoms with Gasteiger partial charge in [-0.25, -0.2) is 0 Å². The van der Waals surface area contributed by atoms with Gasteiger partial charge in [0.25, 0.3) is 0 Å². The third-order valence-electron chi connectivity index (χ3n) is 1.76. The molecule has 1 aromatic rings. The van der Waals surface area contributed by atoms with E-state index in [9.17, 15) is 4.55 Å². The van der Waals surface area contributed by atoms with Crippen LogP contribution in [-0.2, 0) is 11.2 Å². The van der Waals surface area contributed by atoms with Gasteiger partial charge in [-0.3, -0.25) is 0 Å². The number of benzene rings is 1. The number of hydrogen-bond acceptors (Lipinski definition) is 2. The van der Waals surface area contributed by atoms with Crippen LogP contribution in [0.4, 0.5) is 5.69 Å². The number of rotatable bonds is 0. The van der Waals surface area contributed by atoms with E-state index in [4.69, 9.17) is 0 Å². The maximum absolute atomic E-state index is 11.5. The Bertz CT molecular complexity index is 277. The van der Waals surface area contributed by atoms with Crippen molar-refractivity contribution in [3.63, 3.8) is 0 Å². The Morgan fingerprint density at radius 3 is 3.17 bits per heavy atom. The summed E-state index contributed by atoms with van der Waals surface area (Å²) in [6.45, 7) is 0.822. The molecule has 1 heterocycles. The second-order valence-corrected chi connectivity index (χ2v) is 3.85. The number of nitrogens with one attached hydrogen (secondary N) is 1. The fraction of sp³-hybridized carbons (Fsp3) is 0.222. The lowest BCUT2D eigenvalue weighted by molar-refractivity contribution is 0.600. The van der Waals surface area contributed by atoms with E-state index >= 15 is 0 Å². The van der Waals surface area contributed by atoms with Gasteiger partial charge >= 0.3 is 0 Å². The quantitative estimate of drug-likeness (QED) is 0.614. The Morgan fingerprint density at radius 1 is 1.42 bits per heavy atom. The van der Waals surface area contributed by atoms with Crippen LogP contribution < -0.4 is 5.32 Å². The molecule has 0 amide bonds. The van der Waals surface area contributed by atoms with Gasteiger partial charge in [-0.1, -0.05) is 12.1 Å². The van der Waals surface area contributed by atoms with Crippen LogP contribution in [0.3, 0.4) is 0 Å². The zero-order valence-corrected chi connectivity index (χ0v) is 7.36. The van der Waals surface area contributed by atoms with E-state index in [2.05, 4.69) is 11.1 Å². The second kappa shape index (κ2) is 3.37. The minimum absolute atomic E-state index is 0.737. The maximum atomic E-state index is 11.5. The Kier molecular flexibility index (Phi) is 2.23. The molecule has 0 aromatic heterocycles. The van der Waals surface area contributed by atoms with E-state index in [0.29, 0.717) is 0 Å². The number of para-hydroxylation sites is 1. The lowest BCUT2D eigenvalue weighted by Crippen LogP contribution is -2.00. The molecule has 0 aliphatic carbocycles. The SMILES string of the molecule is [O-][S+]1[C]CCNc2ccccc21. The van der Waals surface area contributed by atoms with Crippen LogP contribution in [0.2, 0.25) is 0 Å². The van der Waals surface area contributed by atoms with Crippen LogP contribution in [0.15, 0.2) is 29.2 Å². The van der Waals surface area contributed by atoms with Gasteiger partial charge in [0.1, 0.15) is 0 Å². The van der Waals surface area contributed by atoms with Crippen molar-refractivity contribution in [2.75, 3.05) is 11.9 Å². The van der Waals surface area contributed by atoms with Gasteiger partial charge in [0, 0.05) is 24.1 Å². The van der Waals surface area contributed by atoms with Crippen molar-refractivity contribution in [3.05, 3.63) is 30.0 Å². The van der Waals surface area contributed by atoms with Crippen LogP contribution in [0.25, 0.3) is 0 Å². The molecule has 0 saturated heterocycles. The molecule has 1 aromatic carbocycles. The first-order valence-corrected chi connectivity index (χ1v) is 5.01. The number of fused-ring (bicyclic) bond motifs is 1. The van der Waals surface area contributed by atoms with Crippen LogP contribution >= 0.6 is 0 Å². The van der Waals surface area contributed by atoms with Gasteiger partial charge in [-0.15, -0.1) is 0 Å². The predicted molar refractivity (Wildman–Crippen MR) is 49.2 cm³/mol. The molecule has 3 heteroatoms. The van der Waals surface area contributed by atoms with E-state index in [1.165, 1.54) is 0 Å². The fourth-order valence-corrected chi connectivity index (χ4v) is 2.18. The Hall–Kier alpha value is -0.670. The van der Waals surface area contributed by atoms with Crippen molar-refractivity contribution in [2.45, 2.75) is 11.3 Å². The van der Waals surface area contributed by atoms with Crippen LogP contribution in [-0.4, -0.2) is 11.1 Å². The van der Waals surface area contributed by atoms with Crippen molar-refractivity contribution in [3.8, 4) is 0 Å². The topological polar surface area (TPSA) is 35.1 Å². The standard InChI is InChI=1S/C9H9NOS/c11-12-7-3-6-10-8-4-1-2-5-9(8)12/h1-2,4-5,10H,3,6H2. The van der Waals surface area contributed by atoms with Gasteiger partial charge in [-0.2, -0.15) is 0 Å². The molecule has 1 aliphatic heterocycles. The third-order valence-corrected chi connectivity index (χ3v) is 2.98. The molecule has 1 aliphatic rings. The highest BCUT2D eigenvalue weighted by Crippen LogP contribution is 2.26. The molecule has 0 spiro atoms. The molecule has 2 rings (SSSR count). The van der Waals surface area contributed by atoms with E-state index < -0.39 is 11.2 Å². The highest BCUT2D eigenvalue weighted by atomic mass is 32.2. The molecular formula is C9H9NOS. The lowest BCUT2D eigenvalue weighted by atomic mass is 10.3. The molecule has 2 radical (unpaired) electrons. The van der Waals surface area contributed by atoms with Crippen LogP contribution in [0.1, 0.15) is 6.42 Å². The average molecular weight is 179 g/mol. The van der Waals surface area contributed by atoms with Gasteiger partial charge < -0.3 is 9.87 Å². The van der Waals surface area contributed by atoms with Crippen molar-refractivity contribution in [1.29, 1.82) is 0 Å². The van der Waals surface area contributed by atoms with Gasteiger partial charge in [0.15, 0.2) is 4.90 Å². The second-order valence-electron chi connectivity index (χ2n) is 2.59. The summed E-state index contributed by atoms with van der Waals surface area (Å²) in [5.41, 5.74) is 0.973. The first kappa shape index (κ1) is 7.95. The summed E-state index contributed by atoms with van der Waals surface area (Å²) >= 11 is -1.05. The van der Waals surface area contributed by atoms with Gasteiger partial charge in [0.2, 0.25) is 5.75 Å². The van der Waals surface area contributed by atoms with E-state index in [0.717, 1.165) is 23.5 Å². The molecule has 1 unspecified atom stereocenters. The summed E-state index contributed by atoms with van der Waals surface area (Å²) in [6, 6.07) is 7.65. The molecular weight excluding hydrogens is 170 g/mol. The zero-order valence-electron chi connectivity index (χ0n) is 6.54. The van der Waals surface area contributed by atoms with Crippen LogP contribution in [0.5, 0.6) is 0 Å². The fourth-order valence-electron chi connectivity index (χ4n) is 1.19. The van der Waals surface area contributed by atoms with Crippen molar-refractivity contribution < 1.29 is 4.55 Å². The largest absolute Gasteiger partial charge is 0.611 e. The van der Waals surface area contributed by atoms with Crippen molar-refractivity contribution in [1.82, 2.24) is 0 Å². The average Bonchev–Trinajstić information content (AvgIpc) is 2.29. The summed E-state index contributed by atoms with van der Waals surface area (Å²) < 4.78 is 11.5. The minimum Gasteiger partial charge on any atom is -0.611 e. The minimum atomic E-state index is -1.05. The normalized spacial score (nSPS) is 22.2.